The van der Waals surface area contributed by atoms with E-state index in [2.05, 4.69) is 53.9 Å². The van der Waals surface area contributed by atoms with E-state index < -0.39 is 0 Å². The fourth-order valence-corrected chi connectivity index (χ4v) is 4.84. The van der Waals surface area contributed by atoms with Crippen molar-refractivity contribution in [2.24, 2.45) is 0 Å². The molecule has 0 fully saturated rings. The van der Waals surface area contributed by atoms with Gasteiger partial charge in [0.05, 0.1) is 16.0 Å². The number of hydrogen-bond donors (Lipinski definition) is 2. The number of H-pyrrole nitrogens is 1. The summed E-state index contributed by atoms with van der Waals surface area (Å²) < 4.78 is 0. The molecule has 5 nitrogen and oxygen atoms in total. The van der Waals surface area contributed by atoms with Crippen LogP contribution in [0, 0.1) is 20.8 Å². The predicted octanol–water partition coefficient (Wildman–Crippen LogP) is 4.12. The first-order valence-corrected chi connectivity index (χ1v) is 10.3. The summed E-state index contributed by atoms with van der Waals surface area (Å²) in [6, 6.07) is 6.31. The van der Waals surface area contributed by atoms with Gasteiger partial charge in [0.2, 0.25) is 0 Å². The van der Waals surface area contributed by atoms with Crippen LogP contribution < -0.4 is 10.9 Å². The highest BCUT2D eigenvalue weighted by Gasteiger charge is 2.19. The number of fused-ring (bicyclic) bond motifs is 1. The van der Waals surface area contributed by atoms with Crippen LogP contribution >= 0.6 is 23.1 Å². The van der Waals surface area contributed by atoms with Crippen LogP contribution in [0.2, 0.25) is 0 Å². The molecule has 140 valence electrons. The Morgan fingerprint density at radius 2 is 2.15 bits per heavy atom. The van der Waals surface area contributed by atoms with E-state index in [9.17, 15) is 9.59 Å². The minimum atomic E-state index is -0.207. The van der Waals surface area contributed by atoms with Crippen LogP contribution in [0.4, 0.5) is 0 Å². The van der Waals surface area contributed by atoms with E-state index >= 15 is 0 Å². The van der Waals surface area contributed by atoms with Gasteiger partial charge >= 0.3 is 0 Å². The highest BCUT2D eigenvalue weighted by atomic mass is 32.2. The van der Waals surface area contributed by atoms with Crippen molar-refractivity contribution in [1.82, 2.24) is 15.3 Å². The lowest BCUT2D eigenvalue weighted by molar-refractivity contribution is 0.0961. The average Bonchev–Trinajstić information content (AvgIpc) is 2.97. The van der Waals surface area contributed by atoms with E-state index in [4.69, 9.17) is 0 Å². The van der Waals surface area contributed by atoms with E-state index in [0.717, 1.165) is 0 Å². The second-order valence-corrected chi connectivity index (χ2v) is 8.32. The Bertz CT molecular complexity index is 1080. The smallest absolute Gasteiger partial charge is 0.261 e. The molecule has 2 heterocycles. The lowest BCUT2D eigenvalue weighted by atomic mass is 10.2. The summed E-state index contributed by atoms with van der Waals surface area (Å²) >= 11 is 2.89. The summed E-state index contributed by atoms with van der Waals surface area (Å²) in [5.41, 5.74) is 2.86. The van der Waals surface area contributed by atoms with Crippen LogP contribution in [-0.2, 0) is 5.75 Å². The summed E-state index contributed by atoms with van der Waals surface area (Å²) in [4.78, 5) is 34.6. The molecule has 0 aliphatic carbocycles. The van der Waals surface area contributed by atoms with Crippen molar-refractivity contribution in [1.29, 1.82) is 0 Å². The third-order valence-electron chi connectivity index (χ3n) is 4.17. The van der Waals surface area contributed by atoms with Crippen LogP contribution in [0.3, 0.4) is 0 Å². The standard InChI is InChI=1S/C20H21N3O2S2/c1-5-8-21-19(25)17-13(4)16-18(24)22-15(23-20(16)27-17)10-26-14-9-11(2)6-7-12(14)3/h5-7,9H,1,8,10H2,2-4H3,(H,21,25)(H,22,23,24). The van der Waals surface area contributed by atoms with Crippen molar-refractivity contribution in [3.8, 4) is 0 Å². The van der Waals surface area contributed by atoms with Gasteiger partial charge in [-0.1, -0.05) is 23.8 Å². The van der Waals surface area contributed by atoms with Crippen molar-refractivity contribution < 1.29 is 4.79 Å². The van der Waals surface area contributed by atoms with Crippen LogP contribution in [0.5, 0.6) is 0 Å². The van der Waals surface area contributed by atoms with E-state index in [-0.39, 0.29) is 11.5 Å². The van der Waals surface area contributed by atoms with Gasteiger partial charge in [-0.15, -0.1) is 29.7 Å². The van der Waals surface area contributed by atoms with E-state index in [1.54, 1.807) is 24.8 Å². The third kappa shape index (κ3) is 4.14. The number of nitrogens with zero attached hydrogens (tertiary/aromatic N) is 1. The largest absolute Gasteiger partial charge is 0.348 e. The molecule has 0 spiro atoms. The van der Waals surface area contributed by atoms with Crippen molar-refractivity contribution in [2.75, 3.05) is 6.54 Å². The molecule has 0 atom stereocenters. The highest BCUT2D eigenvalue weighted by molar-refractivity contribution is 7.98. The topological polar surface area (TPSA) is 74.8 Å². The van der Waals surface area contributed by atoms with E-state index in [0.29, 0.717) is 38.8 Å². The average molecular weight is 400 g/mol. The number of carbonyl (C=O) groups is 1. The molecule has 27 heavy (non-hydrogen) atoms. The number of carbonyl (C=O) groups excluding carboxylic acids is 1. The summed E-state index contributed by atoms with van der Waals surface area (Å²) in [5.74, 6) is 0.962. The molecule has 2 aromatic heterocycles. The summed E-state index contributed by atoms with van der Waals surface area (Å²) in [6.45, 7) is 9.88. The zero-order chi connectivity index (χ0) is 19.6. The minimum absolute atomic E-state index is 0.201. The molecule has 0 saturated carbocycles. The van der Waals surface area contributed by atoms with Crippen molar-refractivity contribution in [2.45, 2.75) is 31.4 Å². The zero-order valence-corrected chi connectivity index (χ0v) is 17.1. The lowest BCUT2D eigenvalue weighted by Gasteiger charge is -2.06. The number of benzene rings is 1. The molecule has 2 N–H and O–H groups in total. The molecular formula is C20H21N3O2S2. The quantitative estimate of drug-likeness (QED) is 0.483. The normalized spacial score (nSPS) is 10.9. The molecular weight excluding hydrogens is 378 g/mol. The number of hydrogen-bond acceptors (Lipinski definition) is 5. The van der Waals surface area contributed by atoms with Crippen LogP contribution in [-0.4, -0.2) is 22.4 Å². The number of aromatic nitrogens is 2. The van der Waals surface area contributed by atoms with Gasteiger partial charge in [0.1, 0.15) is 10.7 Å². The first-order chi connectivity index (χ1) is 12.9. The van der Waals surface area contributed by atoms with Crippen molar-refractivity contribution in [3.63, 3.8) is 0 Å². The number of nitrogens with one attached hydrogen (secondary N) is 2. The monoisotopic (exact) mass is 399 g/mol. The number of rotatable bonds is 6. The molecule has 0 bridgehead atoms. The maximum Gasteiger partial charge on any atom is 0.261 e. The highest BCUT2D eigenvalue weighted by Crippen LogP contribution is 2.29. The molecule has 0 aliphatic heterocycles. The Hall–Kier alpha value is -2.38. The SMILES string of the molecule is C=CCNC(=O)c1sc2nc(CSc3cc(C)ccc3C)[nH]c(=O)c2c1C. The molecule has 1 amide bonds. The summed E-state index contributed by atoms with van der Waals surface area (Å²) in [5, 5.41) is 3.24. The fraction of sp³-hybridized carbons (Fsp3) is 0.250. The molecule has 1 aromatic carbocycles. The van der Waals surface area contributed by atoms with E-state index in [1.807, 2.05) is 0 Å². The number of thioether (sulfide) groups is 1. The van der Waals surface area contributed by atoms with Gasteiger partial charge in [-0.05, 0) is 38.0 Å². The number of aromatic amines is 1. The van der Waals surface area contributed by atoms with Crippen molar-refractivity contribution in [3.05, 3.63) is 68.6 Å². The van der Waals surface area contributed by atoms with Gasteiger partial charge in [-0.25, -0.2) is 4.98 Å². The Balaban J connectivity index is 1.90. The van der Waals surface area contributed by atoms with Gasteiger partial charge in [-0.2, -0.15) is 0 Å². The van der Waals surface area contributed by atoms with E-state index in [1.165, 1.54) is 27.4 Å². The molecule has 0 unspecified atom stereocenters. The van der Waals surface area contributed by atoms with Crippen molar-refractivity contribution >= 4 is 39.2 Å². The molecule has 3 aromatic rings. The Morgan fingerprint density at radius 3 is 2.89 bits per heavy atom. The second kappa shape index (κ2) is 8.10. The molecule has 7 heteroatoms. The van der Waals surface area contributed by atoms with Gasteiger partial charge < -0.3 is 10.3 Å². The third-order valence-corrected chi connectivity index (χ3v) is 6.52. The summed E-state index contributed by atoms with van der Waals surface area (Å²) in [7, 11) is 0. The van der Waals surface area contributed by atoms with Crippen LogP contribution in [0.15, 0.2) is 40.5 Å². The fourth-order valence-electron chi connectivity index (χ4n) is 2.73. The van der Waals surface area contributed by atoms with Gasteiger partial charge in [-0.3, -0.25) is 9.59 Å². The molecule has 0 radical (unpaired) electrons. The number of aryl methyl sites for hydroxylation is 3. The van der Waals surface area contributed by atoms with Gasteiger partial charge in [0.15, 0.2) is 0 Å². The maximum absolute atomic E-state index is 12.6. The molecule has 3 rings (SSSR count). The number of thiophene rings is 1. The second-order valence-electron chi connectivity index (χ2n) is 6.31. The Kier molecular flexibility index (Phi) is 5.82. The van der Waals surface area contributed by atoms with Crippen LogP contribution in [0.25, 0.3) is 10.2 Å². The number of amides is 1. The maximum atomic E-state index is 12.6. The molecule has 0 aliphatic rings. The van der Waals surface area contributed by atoms with Gasteiger partial charge in [0, 0.05) is 11.4 Å². The lowest BCUT2D eigenvalue weighted by Crippen LogP contribution is -2.22. The van der Waals surface area contributed by atoms with Gasteiger partial charge in [0.25, 0.3) is 11.5 Å². The predicted molar refractivity (Wildman–Crippen MR) is 113 cm³/mol. The minimum Gasteiger partial charge on any atom is -0.348 e. The zero-order valence-electron chi connectivity index (χ0n) is 15.5. The van der Waals surface area contributed by atoms with Crippen LogP contribution in [0.1, 0.15) is 32.2 Å². The first kappa shape index (κ1) is 19.4. The Labute approximate surface area is 165 Å². The summed E-state index contributed by atoms with van der Waals surface area (Å²) in [6.07, 6.45) is 1.62. The first-order valence-electron chi connectivity index (χ1n) is 8.52. The molecule has 0 saturated heterocycles. The Morgan fingerprint density at radius 1 is 1.37 bits per heavy atom.